The molecule has 2 heterocycles. The third-order valence-corrected chi connectivity index (χ3v) is 5.10. The number of aromatic amines is 1. The molecule has 3 N–H and O–H groups in total. The molecule has 0 spiro atoms. The molecule has 1 atom stereocenters. The van der Waals surface area contributed by atoms with Gasteiger partial charge in [-0.3, -0.25) is 9.59 Å². The molecular formula is C17H15BrN2O3. The van der Waals surface area contributed by atoms with Crippen molar-refractivity contribution in [1.29, 1.82) is 0 Å². The molecule has 1 aliphatic heterocycles. The number of halogens is 1. The van der Waals surface area contributed by atoms with Crippen LogP contribution in [-0.4, -0.2) is 22.0 Å². The normalized spacial score (nSPS) is 17.7. The number of carboxylic acids is 1. The molecule has 0 radical (unpaired) electrons. The van der Waals surface area contributed by atoms with Crippen molar-refractivity contribution in [2.75, 3.05) is 5.32 Å². The molecule has 3 rings (SSSR count). The van der Waals surface area contributed by atoms with Crippen LogP contribution in [0.25, 0.3) is 5.57 Å². The smallest absolute Gasteiger partial charge is 0.317 e. The first-order chi connectivity index (χ1) is 10.8. The summed E-state index contributed by atoms with van der Waals surface area (Å²) in [5.41, 5.74) is 2.00. The summed E-state index contributed by atoms with van der Waals surface area (Å²) in [5.74, 6) is -1.30. The summed E-state index contributed by atoms with van der Waals surface area (Å²) >= 11 is 3.46. The second-order valence-corrected chi connectivity index (χ2v) is 6.57. The zero-order valence-electron chi connectivity index (χ0n) is 12.6. The fraction of sp³-hybridized carbons (Fsp3) is 0.176. The Morgan fingerprint density at radius 3 is 2.70 bits per heavy atom. The lowest BCUT2D eigenvalue weighted by molar-refractivity contribution is -0.141. The second kappa shape index (κ2) is 5.38. The van der Waals surface area contributed by atoms with E-state index < -0.39 is 11.4 Å². The minimum Gasteiger partial charge on any atom is -0.480 e. The number of rotatable bonds is 3. The van der Waals surface area contributed by atoms with Crippen LogP contribution >= 0.6 is 15.9 Å². The first kappa shape index (κ1) is 15.6. The first-order valence-electron chi connectivity index (χ1n) is 7.05. The minimum absolute atomic E-state index is 0.288. The predicted molar refractivity (Wildman–Crippen MR) is 91.3 cm³/mol. The van der Waals surface area contributed by atoms with Crippen LogP contribution < -0.4 is 5.32 Å². The lowest BCUT2D eigenvalue weighted by atomic mass is 9.81. The van der Waals surface area contributed by atoms with Gasteiger partial charge in [0.25, 0.3) is 5.91 Å². The highest BCUT2D eigenvalue weighted by Crippen LogP contribution is 2.40. The van der Waals surface area contributed by atoms with Crippen LogP contribution in [0.4, 0.5) is 5.69 Å². The van der Waals surface area contributed by atoms with E-state index in [1.807, 2.05) is 13.0 Å². The maximum Gasteiger partial charge on any atom is 0.317 e. The van der Waals surface area contributed by atoms with E-state index in [-0.39, 0.29) is 5.91 Å². The van der Waals surface area contributed by atoms with Gasteiger partial charge in [0, 0.05) is 33.7 Å². The molecule has 118 valence electrons. The number of aliphatic carboxylic acids is 1. The number of carbonyl (C=O) groups excluding carboxylic acids is 1. The van der Waals surface area contributed by atoms with Gasteiger partial charge in [-0.05, 0) is 49.2 Å². The number of anilines is 1. The zero-order valence-corrected chi connectivity index (χ0v) is 14.2. The summed E-state index contributed by atoms with van der Waals surface area (Å²) in [6, 6.07) is 5.37. The summed E-state index contributed by atoms with van der Waals surface area (Å²) in [4.78, 5) is 27.1. The van der Waals surface area contributed by atoms with E-state index in [2.05, 4.69) is 26.2 Å². The Bertz CT molecular complexity index is 840. The molecular weight excluding hydrogens is 360 g/mol. The maximum absolute atomic E-state index is 12.4. The maximum atomic E-state index is 12.4. The van der Waals surface area contributed by atoms with Gasteiger partial charge in [0.1, 0.15) is 5.41 Å². The summed E-state index contributed by atoms with van der Waals surface area (Å²) in [5, 5.41) is 12.5. The van der Waals surface area contributed by atoms with Crippen molar-refractivity contribution >= 4 is 39.1 Å². The number of hydrogen-bond donors (Lipinski definition) is 3. The van der Waals surface area contributed by atoms with Crippen LogP contribution in [0.15, 0.2) is 41.1 Å². The van der Waals surface area contributed by atoms with E-state index in [0.29, 0.717) is 16.8 Å². The number of carbonyl (C=O) groups is 2. The largest absolute Gasteiger partial charge is 0.480 e. The van der Waals surface area contributed by atoms with Gasteiger partial charge in [-0.1, -0.05) is 15.9 Å². The quantitative estimate of drug-likeness (QED) is 0.719. The molecule has 0 saturated carbocycles. The van der Waals surface area contributed by atoms with Crippen LogP contribution in [0, 0.1) is 6.92 Å². The molecule has 0 fully saturated rings. The van der Waals surface area contributed by atoms with Gasteiger partial charge in [-0.25, -0.2) is 0 Å². The Morgan fingerprint density at radius 1 is 1.35 bits per heavy atom. The standard InChI is InChI=1S/C17H15BrN2O3/c1-9-12(18)3-4-13-14(9)11(15(21)20-13)7-17(2,16(22)23)10-5-6-19-8-10/h3-8,19H,1-2H3,(H,20,21)(H,22,23). The van der Waals surface area contributed by atoms with E-state index in [4.69, 9.17) is 0 Å². The molecule has 1 unspecified atom stereocenters. The van der Waals surface area contributed by atoms with E-state index in [0.717, 1.165) is 15.6 Å². The van der Waals surface area contributed by atoms with Crippen molar-refractivity contribution in [2.45, 2.75) is 19.3 Å². The third kappa shape index (κ3) is 2.39. The van der Waals surface area contributed by atoms with Gasteiger partial charge in [0.15, 0.2) is 0 Å². The monoisotopic (exact) mass is 374 g/mol. The van der Waals surface area contributed by atoms with Gasteiger partial charge >= 0.3 is 5.97 Å². The SMILES string of the molecule is Cc1c(Br)ccc2c1C(=CC(C)(C(=O)O)c1cc[nH]c1)C(=O)N2. The summed E-state index contributed by atoms with van der Waals surface area (Å²) in [6.07, 6.45) is 4.82. The topological polar surface area (TPSA) is 82.2 Å². The van der Waals surface area contributed by atoms with Gasteiger partial charge in [0.05, 0.1) is 0 Å². The number of amides is 1. The van der Waals surface area contributed by atoms with Crippen molar-refractivity contribution in [3.05, 3.63) is 57.8 Å². The van der Waals surface area contributed by atoms with Crippen LogP contribution in [-0.2, 0) is 15.0 Å². The highest BCUT2D eigenvalue weighted by Gasteiger charge is 2.37. The van der Waals surface area contributed by atoms with Crippen molar-refractivity contribution in [2.24, 2.45) is 0 Å². The summed E-state index contributed by atoms with van der Waals surface area (Å²) in [7, 11) is 0. The Kier molecular flexibility index (Phi) is 3.64. The number of benzene rings is 1. The average molecular weight is 375 g/mol. The highest BCUT2D eigenvalue weighted by molar-refractivity contribution is 9.10. The van der Waals surface area contributed by atoms with E-state index >= 15 is 0 Å². The lowest BCUT2D eigenvalue weighted by Gasteiger charge is -2.20. The molecule has 0 saturated heterocycles. The summed E-state index contributed by atoms with van der Waals surface area (Å²) in [6.45, 7) is 3.48. The molecule has 0 bridgehead atoms. The van der Waals surface area contributed by atoms with Gasteiger partial charge < -0.3 is 15.4 Å². The highest BCUT2D eigenvalue weighted by atomic mass is 79.9. The van der Waals surface area contributed by atoms with Crippen LogP contribution in [0.3, 0.4) is 0 Å². The fourth-order valence-corrected chi connectivity index (χ4v) is 3.11. The van der Waals surface area contributed by atoms with Crippen molar-refractivity contribution in [3.63, 3.8) is 0 Å². The molecule has 1 aromatic carbocycles. The number of aromatic nitrogens is 1. The number of carboxylic acid groups (broad SMARTS) is 1. The van der Waals surface area contributed by atoms with Crippen LogP contribution in [0.1, 0.15) is 23.6 Å². The van der Waals surface area contributed by atoms with Crippen LogP contribution in [0.5, 0.6) is 0 Å². The Morgan fingerprint density at radius 2 is 2.09 bits per heavy atom. The Balaban J connectivity index is 2.22. The number of fused-ring (bicyclic) bond motifs is 1. The Labute approximate surface area is 141 Å². The first-order valence-corrected chi connectivity index (χ1v) is 7.84. The molecule has 1 aliphatic rings. The van der Waals surface area contributed by atoms with E-state index in [1.165, 1.54) is 6.08 Å². The van der Waals surface area contributed by atoms with Gasteiger partial charge in [-0.15, -0.1) is 0 Å². The number of hydrogen-bond acceptors (Lipinski definition) is 2. The van der Waals surface area contributed by atoms with E-state index in [1.54, 1.807) is 31.5 Å². The van der Waals surface area contributed by atoms with Gasteiger partial charge in [0.2, 0.25) is 0 Å². The second-order valence-electron chi connectivity index (χ2n) is 5.71. The molecule has 6 heteroatoms. The number of nitrogens with one attached hydrogen (secondary N) is 2. The molecule has 5 nitrogen and oxygen atoms in total. The zero-order chi connectivity index (χ0) is 16.8. The molecule has 1 amide bonds. The van der Waals surface area contributed by atoms with Crippen LogP contribution in [0.2, 0.25) is 0 Å². The van der Waals surface area contributed by atoms with Crippen molar-refractivity contribution in [3.8, 4) is 0 Å². The Hall–Kier alpha value is -2.34. The predicted octanol–water partition coefficient (Wildman–Crippen LogP) is 3.46. The molecule has 23 heavy (non-hydrogen) atoms. The summed E-state index contributed by atoms with van der Waals surface area (Å²) < 4.78 is 0.873. The molecule has 0 aliphatic carbocycles. The number of H-pyrrole nitrogens is 1. The lowest BCUT2D eigenvalue weighted by Crippen LogP contribution is -2.30. The third-order valence-electron chi connectivity index (χ3n) is 4.24. The minimum atomic E-state index is -1.30. The van der Waals surface area contributed by atoms with Crippen molar-refractivity contribution in [1.82, 2.24) is 4.98 Å². The average Bonchev–Trinajstić information content (AvgIpc) is 3.12. The van der Waals surface area contributed by atoms with Gasteiger partial charge in [-0.2, -0.15) is 0 Å². The molecule has 1 aromatic heterocycles. The fourth-order valence-electron chi connectivity index (χ4n) is 2.78. The van der Waals surface area contributed by atoms with E-state index in [9.17, 15) is 14.7 Å². The van der Waals surface area contributed by atoms with Crippen molar-refractivity contribution < 1.29 is 14.7 Å². The molecule has 2 aromatic rings.